The molecule has 2 aromatic carbocycles. The fraction of sp³-hybridized carbons (Fsp3) is 0.269. The smallest absolute Gasteiger partial charge is 0.338 e. The minimum Gasteiger partial charge on any atom is -0.459 e. The van der Waals surface area contributed by atoms with Crippen LogP contribution in [0.3, 0.4) is 0 Å². The molecule has 0 aromatic heterocycles. The first-order valence-electron chi connectivity index (χ1n) is 11.1. The van der Waals surface area contributed by atoms with Gasteiger partial charge in [0.2, 0.25) is 5.91 Å². The first-order chi connectivity index (χ1) is 16.7. The van der Waals surface area contributed by atoms with Crippen molar-refractivity contribution in [3.8, 4) is 0 Å². The second-order valence-electron chi connectivity index (χ2n) is 8.48. The molecule has 2 aliphatic heterocycles. The first kappa shape index (κ1) is 25.0. The van der Waals surface area contributed by atoms with Crippen LogP contribution in [0.5, 0.6) is 0 Å². The maximum atomic E-state index is 13.1. The number of halogens is 2. The summed E-state index contributed by atoms with van der Waals surface area (Å²) in [5, 5.41) is 5.96. The van der Waals surface area contributed by atoms with Crippen LogP contribution in [-0.2, 0) is 20.9 Å². The number of fused-ring (bicyclic) bond motifs is 1. The number of carbonyl (C=O) groups is 2. The zero-order valence-corrected chi connectivity index (χ0v) is 21.1. The fourth-order valence-corrected chi connectivity index (χ4v) is 5.09. The monoisotopic (exact) mass is 513 g/mol. The van der Waals surface area contributed by atoms with Gasteiger partial charge in [-0.05, 0) is 61.6 Å². The number of benzene rings is 2. The third-order valence-corrected chi connectivity index (χ3v) is 6.60. The van der Waals surface area contributed by atoms with Gasteiger partial charge in [0.05, 0.1) is 29.8 Å². The average molecular weight is 514 g/mol. The molecule has 35 heavy (non-hydrogen) atoms. The minimum atomic E-state index is -0.543. The van der Waals surface area contributed by atoms with E-state index in [2.05, 4.69) is 10.3 Å². The molecule has 0 bridgehead atoms. The number of carbonyl (C=O) groups excluding carboxylic acids is 2. The standard InChI is InChI=1S/C26H25ClFN3O3S/c1-15(2)34-25(33)23-16(3)30-26-31(24(23)18-5-4-6-19(27)11-18)21(14-35-26)12-22(32)29-13-17-7-9-20(28)10-8-17/h4-11,14-15,24H,12-13H2,1-3H3,(H,29,32)/t24-/m0/s1. The van der Waals surface area contributed by atoms with E-state index >= 15 is 0 Å². The van der Waals surface area contributed by atoms with Crippen LogP contribution in [-0.4, -0.2) is 28.0 Å². The zero-order valence-electron chi connectivity index (χ0n) is 19.5. The lowest BCUT2D eigenvalue weighted by molar-refractivity contribution is -0.143. The van der Waals surface area contributed by atoms with Gasteiger partial charge in [-0.1, -0.05) is 47.6 Å². The summed E-state index contributed by atoms with van der Waals surface area (Å²) in [5.74, 6) is -0.987. The number of rotatable bonds is 7. The highest BCUT2D eigenvalue weighted by Gasteiger charge is 2.41. The number of hydrogen-bond donors (Lipinski definition) is 1. The maximum Gasteiger partial charge on any atom is 0.338 e. The van der Waals surface area contributed by atoms with Crippen molar-refractivity contribution in [2.75, 3.05) is 0 Å². The maximum absolute atomic E-state index is 13.1. The topological polar surface area (TPSA) is 71.0 Å². The van der Waals surface area contributed by atoms with Crippen LogP contribution in [0, 0.1) is 5.82 Å². The van der Waals surface area contributed by atoms with Gasteiger partial charge in [-0.3, -0.25) is 4.79 Å². The van der Waals surface area contributed by atoms with E-state index in [1.807, 2.05) is 22.4 Å². The Morgan fingerprint density at radius 2 is 1.97 bits per heavy atom. The van der Waals surface area contributed by atoms with E-state index in [4.69, 9.17) is 16.3 Å². The first-order valence-corrected chi connectivity index (χ1v) is 12.4. The van der Waals surface area contributed by atoms with Gasteiger partial charge in [0, 0.05) is 17.3 Å². The second kappa shape index (κ2) is 10.7. The van der Waals surface area contributed by atoms with Crippen LogP contribution in [0.4, 0.5) is 4.39 Å². The summed E-state index contributed by atoms with van der Waals surface area (Å²) < 4.78 is 18.7. The third kappa shape index (κ3) is 5.77. The van der Waals surface area contributed by atoms with Crippen molar-refractivity contribution in [3.05, 3.63) is 92.9 Å². The van der Waals surface area contributed by atoms with Crippen molar-refractivity contribution < 1.29 is 18.7 Å². The highest BCUT2D eigenvalue weighted by atomic mass is 35.5. The van der Waals surface area contributed by atoms with E-state index in [-0.39, 0.29) is 30.8 Å². The van der Waals surface area contributed by atoms with Crippen molar-refractivity contribution in [1.82, 2.24) is 10.2 Å². The summed E-state index contributed by atoms with van der Waals surface area (Å²) >= 11 is 7.70. The molecule has 2 aromatic rings. The normalized spacial score (nSPS) is 17.2. The molecule has 6 nitrogen and oxygen atoms in total. The minimum absolute atomic E-state index is 0.0792. The quantitative estimate of drug-likeness (QED) is 0.480. The van der Waals surface area contributed by atoms with Crippen molar-refractivity contribution in [1.29, 1.82) is 0 Å². The molecule has 2 aliphatic rings. The zero-order chi connectivity index (χ0) is 25.1. The third-order valence-electron chi connectivity index (χ3n) is 5.47. The molecule has 0 saturated carbocycles. The van der Waals surface area contributed by atoms with E-state index in [9.17, 15) is 14.0 Å². The molecule has 1 N–H and O–H groups in total. The van der Waals surface area contributed by atoms with Crippen LogP contribution >= 0.6 is 23.4 Å². The molecular formula is C26H25ClFN3O3S. The Morgan fingerprint density at radius 3 is 2.66 bits per heavy atom. The van der Waals surface area contributed by atoms with Crippen LogP contribution in [0.2, 0.25) is 5.02 Å². The van der Waals surface area contributed by atoms with Gasteiger partial charge >= 0.3 is 5.97 Å². The highest BCUT2D eigenvalue weighted by molar-refractivity contribution is 8.16. The molecule has 0 saturated heterocycles. The number of thioether (sulfide) groups is 1. The average Bonchev–Trinajstić information content (AvgIpc) is 3.19. The van der Waals surface area contributed by atoms with E-state index < -0.39 is 12.0 Å². The summed E-state index contributed by atoms with van der Waals surface area (Å²) in [5.41, 5.74) is 3.27. The Labute approximate surface area is 212 Å². The lowest BCUT2D eigenvalue weighted by atomic mass is 9.94. The summed E-state index contributed by atoms with van der Waals surface area (Å²) in [7, 11) is 0. The summed E-state index contributed by atoms with van der Waals surface area (Å²) in [6, 6.07) is 12.7. The molecule has 0 unspecified atom stereocenters. The van der Waals surface area contributed by atoms with Crippen LogP contribution in [0.25, 0.3) is 0 Å². The van der Waals surface area contributed by atoms with E-state index in [1.54, 1.807) is 45.0 Å². The lowest BCUT2D eigenvalue weighted by Crippen LogP contribution is -2.38. The SMILES string of the molecule is CC1=C(C(=O)OC(C)C)[C@H](c2cccc(Cl)c2)N2C(CC(=O)NCc3ccc(F)cc3)=CSC2=N1. The van der Waals surface area contributed by atoms with Crippen molar-refractivity contribution in [2.45, 2.75) is 45.9 Å². The van der Waals surface area contributed by atoms with E-state index in [1.165, 1.54) is 23.9 Å². The largest absolute Gasteiger partial charge is 0.459 e. The van der Waals surface area contributed by atoms with Crippen molar-refractivity contribution in [2.24, 2.45) is 4.99 Å². The summed E-state index contributed by atoms with van der Waals surface area (Å²) in [4.78, 5) is 32.5. The van der Waals surface area contributed by atoms with Gasteiger partial charge in [-0.15, -0.1) is 0 Å². The Kier molecular flexibility index (Phi) is 7.62. The molecule has 9 heteroatoms. The number of esters is 1. The number of allylic oxidation sites excluding steroid dienone is 1. The number of nitrogens with zero attached hydrogens (tertiary/aromatic N) is 2. The van der Waals surface area contributed by atoms with Gasteiger partial charge in [0.15, 0.2) is 5.17 Å². The number of ether oxygens (including phenoxy) is 1. The Hall–Kier alpha value is -3.10. The lowest BCUT2D eigenvalue weighted by Gasteiger charge is -2.36. The Morgan fingerprint density at radius 1 is 1.23 bits per heavy atom. The molecule has 1 amide bonds. The molecule has 0 aliphatic carbocycles. The van der Waals surface area contributed by atoms with Gasteiger partial charge in [-0.2, -0.15) is 0 Å². The van der Waals surface area contributed by atoms with Crippen LogP contribution in [0.1, 0.15) is 44.4 Å². The number of amides is 1. The predicted molar refractivity (Wildman–Crippen MR) is 136 cm³/mol. The van der Waals surface area contributed by atoms with Gasteiger partial charge in [0.25, 0.3) is 0 Å². The summed E-state index contributed by atoms with van der Waals surface area (Å²) in [6.07, 6.45) is -0.219. The Bertz CT molecular complexity index is 1240. The Balaban J connectivity index is 1.60. The number of hydrogen-bond acceptors (Lipinski definition) is 6. The van der Waals surface area contributed by atoms with Crippen LogP contribution < -0.4 is 5.32 Å². The molecule has 0 radical (unpaired) electrons. The van der Waals surface area contributed by atoms with Gasteiger partial charge in [-0.25, -0.2) is 14.2 Å². The molecule has 182 valence electrons. The highest BCUT2D eigenvalue weighted by Crippen LogP contribution is 2.45. The fourth-order valence-electron chi connectivity index (χ4n) is 3.93. The molecule has 1 atom stereocenters. The van der Waals surface area contributed by atoms with Crippen molar-refractivity contribution in [3.63, 3.8) is 0 Å². The molecule has 4 rings (SSSR count). The molecule has 0 spiro atoms. The van der Waals surface area contributed by atoms with Crippen LogP contribution in [0.15, 0.2) is 75.9 Å². The van der Waals surface area contributed by atoms with Crippen molar-refractivity contribution >= 4 is 40.4 Å². The summed E-state index contributed by atoms with van der Waals surface area (Å²) in [6.45, 7) is 5.65. The van der Waals surface area contributed by atoms with Gasteiger partial charge in [0.1, 0.15) is 5.82 Å². The molecule has 0 fully saturated rings. The molecule has 2 heterocycles. The molecular weight excluding hydrogens is 489 g/mol. The van der Waals surface area contributed by atoms with E-state index in [0.29, 0.717) is 27.2 Å². The van der Waals surface area contributed by atoms with Gasteiger partial charge < -0.3 is 15.0 Å². The number of amidine groups is 1. The predicted octanol–water partition coefficient (Wildman–Crippen LogP) is 5.71. The van der Waals surface area contributed by atoms with E-state index in [0.717, 1.165) is 11.1 Å². The second-order valence-corrected chi connectivity index (χ2v) is 9.76. The number of nitrogens with one attached hydrogen (secondary N) is 1. The number of aliphatic imine (C=N–C) groups is 1.